The second-order valence-electron chi connectivity index (χ2n) is 15.9. The third-order valence-electron chi connectivity index (χ3n) is 10.5. The van der Waals surface area contributed by atoms with Gasteiger partial charge in [-0.05, 0) is 44.9 Å². The van der Waals surface area contributed by atoms with Crippen LogP contribution >= 0.6 is 7.82 Å². The summed E-state index contributed by atoms with van der Waals surface area (Å²) in [5.41, 5.74) is 0. The minimum atomic E-state index is -5.11. The summed E-state index contributed by atoms with van der Waals surface area (Å²) in [6.45, 7) is 3.26. The predicted octanol–water partition coefficient (Wildman–Crippen LogP) is 8.45. The molecule has 0 heterocycles. The zero-order chi connectivity index (χ0) is 42.9. The van der Waals surface area contributed by atoms with Gasteiger partial charge in [-0.1, -0.05) is 154 Å². The molecule has 0 aromatic rings. The number of esters is 2. The lowest BCUT2D eigenvalue weighted by Gasteiger charge is -2.41. The molecule has 0 saturated heterocycles. The Morgan fingerprint density at radius 2 is 0.931 bits per heavy atom. The summed E-state index contributed by atoms with van der Waals surface area (Å²) in [5, 5.41) is 50.1. The molecule has 58 heavy (non-hydrogen) atoms. The molecule has 6 unspecified atom stereocenters. The number of unbranched alkanes of at least 4 members (excludes halogenated alkanes) is 21. The topological polar surface area (TPSA) is 210 Å². The lowest BCUT2D eigenvalue weighted by atomic mass is 9.85. The van der Waals surface area contributed by atoms with E-state index in [4.69, 9.17) is 18.5 Å². The Bertz CT molecular complexity index is 1120. The van der Waals surface area contributed by atoms with E-state index in [0.29, 0.717) is 12.8 Å². The molecule has 0 amide bonds. The van der Waals surface area contributed by atoms with Gasteiger partial charge >= 0.3 is 19.8 Å². The van der Waals surface area contributed by atoms with Gasteiger partial charge in [-0.2, -0.15) is 0 Å². The second kappa shape index (κ2) is 35.0. The second-order valence-corrected chi connectivity index (χ2v) is 17.3. The zero-order valence-electron chi connectivity index (χ0n) is 35.8. The van der Waals surface area contributed by atoms with E-state index in [9.17, 15) is 44.6 Å². The summed E-state index contributed by atoms with van der Waals surface area (Å²) in [7, 11) is -5.11. The van der Waals surface area contributed by atoms with Crippen LogP contribution in [-0.2, 0) is 32.7 Å². The minimum absolute atomic E-state index is 0.0985. The highest BCUT2D eigenvalue weighted by Gasteiger charge is 2.51. The Balaban J connectivity index is 2.46. The van der Waals surface area contributed by atoms with Crippen molar-refractivity contribution in [2.45, 2.75) is 230 Å². The highest BCUT2D eigenvalue weighted by Crippen LogP contribution is 2.47. The average Bonchev–Trinajstić information content (AvgIpc) is 3.20. The molecule has 0 bridgehead atoms. The van der Waals surface area contributed by atoms with Crippen LogP contribution in [0.5, 0.6) is 0 Å². The molecule has 1 rings (SSSR count). The Labute approximate surface area is 349 Å². The highest BCUT2D eigenvalue weighted by atomic mass is 31.2. The van der Waals surface area contributed by atoms with E-state index >= 15 is 0 Å². The number of phosphoric ester groups is 1. The molecule has 0 aromatic carbocycles. The molecule has 13 nitrogen and oxygen atoms in total. The molecule has 1 saturated carbocycles. The number of hydrogen-bond acceptors (Lipinski definition) is 12. The van der Waals surface area contributed by atoms with Crippen LogP contribution < -0.4 is 0 Å². The third-order valence-corrected chi connectivity index (χ3v) is 11.5. The molecule has 1 aliphatic rings. The quantitative estimate of drug-likeness (QED) is 0.0150. The van der Waals surface area contributed by atoms with Crippen LogP contribution in [0.2, 0.25) is 0 Å². The van der Waals surface area contributed by atoms with Crippen molar-refractivity contribution >= 4 is 19.8 Å². The molecule has 1 fully saturated rings. The summed E-state index contributed by atoms with van der Waals surface area (Å²) in [4.78, 5) is 35.6. The number of carbonyl (C=O) groups excluding carboxylic acids is 2. The van der Waals surface area contributed by atoms with Crippen LogP contribution in [0.1, 0.15) is 187 Å². The van der Waals surface area contributed by atoms with E-state index in [1.54, 1.807) is 0 Å². The number of ether oxygens (including phenoxy) is 2. The van der Waals surface area contributed by atoms with E-state index in [-0.39, 0.29) is 12.8 Å². The average molecular weight is 849 g/mol. The first kappa shape index (κ1) is 54.3. The predicted molar refractivity (Wildman–Crippen MR) is 226 cm³/mol. The molecule has 340 valence electrons. The molecule has 6 N–H and O–H groups in total. The lowest BCUT2D eigenvalue weighted by Crippen LogP contribution is -2.64. The van der Waals surface area contributed by atoms with Gasteiger partial charge in [0.1, 0.15) is 43.2 Å². The van der Waals surface area contributed by atoms with Crippen LogP contribution in [0.25, 0.3) is 0 Å². The first-order chi connectivity index (χ1) is 27.9. The first-order valence-corrected chi connectivity index (χ1v) is 24.1. The van der Waals surface area contributed by atoms with E-state index in [1.807, 2.05) is 0 Å². The van der Waals surface area contributed by atoms with Crippen molar-refractivity contribution in [1.82, 2.24) is 0 Å². The fraction of sp³-hybridized carbons (Fsp3) is 0.864. The van der Waals surface area contributed by atoms with Gasteiger partial charge in [0.25, 0.3) is 0 Å². The molecule has 0 aliphatic heterocycles. The first-order valence-electron chi connectivity index (χ1n) is 22.6. The molecule has 0 radical (unpaired) electrons. The molecule has 1 aliphatic carbocycles. The Kier molecular flexibility index (Phi) is 32.8. The molecular formula is C44H81O13P. The summed E-state index contributed by atoms with van der Waals surface area (Å²) < 4.78 is 33.5. The number of aliphatic hydroxyl groups is 5. The van der Waals surface area contributed by atoms with Gasteiger partial charge < -0.3 is 39.9 Å². The number of hydrogen-bond donors (Lipinski definition) is 6. The fourth-order valence-electron chi connectivity index (χ4n) is 6.85. The molecule has 14 heteroatoms. The summed E-state index contributed by atoms with van der Waals surface area (Å²) >= 11 is 0. The maximum Gasteiger partial charge on any atom is 0.472 e. The number of carbonyl (C=O) groups is 2. The lowest BCUT2D eigenvalue weighted by molar-refractivity contribution is -0.220. The van der Waals surface area contributed by atoms with Crippen LogP contribution in [-0.4, -0.2) is 98.3 Å². The summed E-state index contributed by atoms with van der Waals surface area (Å²) in [6, 6.07) is 0. The van der Waals surface area contributed by atoms with Crippen LogP contribution in [0.15, 0.2) is 24.3 Å². The van der Waals surface area contributed by atoms with Gasteiger partial charge in [-0.3, -0.25) is 18.6 Å². The zero-order valence-corrected chi connectivity index (χ0v) is 36.7. The van der Waals surface area contributed by atoms with Gasteiger partial charge in [-0.15, -0.1) is 0 Å². The maximum atomic E-state index is 12.8. The van der Waals surface area contributed by atoms with Crippen molar-refractivity contribution in [1.29, 1.82) is 0 Å². The number of phosphoric acid groups is 1. The van der Waals surface area contributed by atoms with Gasteiger partial charge in [0, 0.05) is 12.8 Å². The van der Waals surface area contributed by atoms with Crippen LogP contribution in [0.3, 0.4) is 0 Å². The van der Waals surface area contributed by atoms with Crippen molar-refractivity contribution in [2.75, 3.05) is 13.2 Å². The molecule has 0 spiro atoms. The standard InChI is InChI=1S/C44H81O13P/c1-3-5-7-9-11-13-15-17-18-19-20-21-23-24-26-28-30-32-37(45)54-34-36(56-38(46)33-31-29-27-25-22-16-14-12-10-8-6-4-2)35-55-58(52,53)57-44-42(50)40(48)39(47)41(49)43(44)51/h11,13,17-18,36,39-44,47-51H,3-10,12,14-16,19-35H2,1-2H3,(H,52,53)/b13-11+,18-17+/t36-,39?,40-,41?,42?,43?,44?/m0/s1. The van der Waals surface area contributed by atoms with Gasteiger partial charge in [0.05, 0.1) is 6.61 Å². The van der Waals surface area contributed by atoms with E-state index in [1.165, 1.54) is 77.0 Å². The fourth-order valence-corrected chi connectivity index (χ4v) is 7.82. The third kappa shape index (κ3) is 27.2. The van der Waals surface area contributed by atoms with E-state index in [0.717, 1.165) is 70.6 Å². The number of rotatable bonds is 37. The molecule has 0 aromatic heterocycles. The smallest absolute Gasteiger partial charge is 0.462 e. The SMILES string of the molecule is CCCCC/C=C/C/C=C/CCCCCCCCCC(=O)OC[C@@H](COP(=O)(O)OC1C(O)C(O)C(O)[C@H](O)C1O)OC(=O)CCCCCCCCCCCCCC. The van der Waals surface area contributed by atoms with Crippen molar-refractivity contribution in [3.05, 3.63) is 24.3 Å². The van der Waals surface area contributed by atoms with Crippen LogP contribution in [0.4, 0.5) is 0 Å². The van der Waals surface area contributed by atoms with Gasteiger partial charge in [0.2, 0.25) is 0 Å². The number of allylic oxidation sites excluding steroid dienone is 4. The van der Waals surface area contributed by atoms with Gasteiger partial charge in [-0.25, -0.2) is 4.57 Å². The Hall–Kier alpha value is -1.67. The van der Waals surface area contributed by atoms with E-state index in [2.05, 4.69) is 38.2 Å². The van der Waals surface area contributed by atoms with Crippen molar-refractivity contribution in [3.63, 3.8) is 0 Å². The van der Waals surface area contributed by atoms with Crippen LogP contribution in [0, 0.1) is 0 Å². The van der Waals surface area contributed by atoms with Crippen molar-refractivity contribution in [3.8, 4) is 0 Å². The van der Waals surface area contributed by atoms with Crippen molar-refractivity contribution < 1.29 is 63.1 Å². The Morgan fingerprint density at radius 3 is 1.43 bits per heavy atom. The normalized spacial score (nSPS) is 22.7. The largest absolute Gasteiger partial charge is 0.472 e. The van der Waals surface area contributed by atoms with Crippen molar-refractivity contribution in [2.24, 2.45) is 0 Å². The van der Waals surface area contributed by atoms with E-state index < -0.39 is 75.7 Å². The molecular weight excluding hydrogens is 767 g/mol. The Morgan fingerprint density at radius 1 is 0.534 bits per heavy atom. The maximum absolute atomic E-state index is 12.8. The molecule has 8 atom stereocenters. The monoisotopic (exact) mass is 849 g/mol. The minimum Gasteiger partial charge on any atom is -0.462 e. The highest BCUT2D eigenvalue weighted by molar-refractivity contribution is 7.47. The number of aliphatic hydroxyl groups excluding tert-OH is 5. The summed E-state index contributed by atoms with van der Waals surface area (Å²) in [6.07, 6.45) is 23.8. The summed E-state index contributed by atoms with van der Waals surface area (Å²) in [5.74, 6) is -1.10. The van der Waals surface area contributed by atoms with Gasteiger partial charge in [0.15, 0.2) is 6.10 Å².